The Balaban J connectivity index is 1.31. The van der Waals surface area contributed by atoms with Crippen LogP contribution in [-0.2, 0) is 11.2 Å². The minimum Gasteiger partial charge on any atom is -0.338 e. The van der Waals surface area contributed by atoms with Crippen LogP contribution in [0, 0.1) is 5.92 Å². The summed E-state index contributed by atoms with van der Waals surface area (Å²) in [7, 11) is 0. The minimum absolute atomic E-state index is 0.141. The van der Waals surface area contributed by atoms with Crippen molar-refractivity contribution in [2.24, 2.45) is 17.4 Å². The number of aromatic nitrogens is 2. The largest absolute Gasteiger partial charge is 0.354 e. The lowest BCUT2D eigenvalue weighted by atomic mass is 9.80. The molecule has 1 aromatic carbocycles. The molecule has 0 spiro atoms. The standard InChI is InChI=1S/C29H44N8O3/c1-5-34(19-22-17-23(30)18-22)20(2)16-21-6-8-24(9-7-21)37-11-10-25(33-28(37)40)32-27(39)36-14-12-35(13-15-36)26(38)29(3,4)31/h6-11,20,22-23H,5,12-19,30-31H2,1-4H3,(H,32,33,39,40)/t20?,22-,23+. The average molecular weight is 553 g/mol. The second-order valence-corrected chi connectivity index (χ2v) is 11.8. The zero-order valence-electron chi connectivity index (χ0n) is 24.2. The molecule has 1 aromatic heterocycles. The highest BCUT2D eigenvalue weighted by Crippen LogP contribution is 2.27. The molecular weight excluding hydrogens is 508 g/mol. The van der Waals surface area contributed by atoms with Crippen LogP contribution in [0.25, 0.3) is 5.69 Å². The zero-order valence-corrected chi connectivity index (χ0v) is 24.2. The van der Waals surface area contributed by atoms with Gasteiger partial charge < -0.3 is 26.2 Å². The Kier molecular flexibility index (Phi) is 9.27. The number of nitrogens with two attached hydrogens (primary N) is 2. The van der Waals surface area contributed by atoms with Gasteiger partial charge in [-0.1, -0.05) is 19.1 Å². The Labute approximate surface area is 236 Å². The van der Waals surface area contributed by atoms with Crippen LogP contribution in [-0.4, -0.2) is 93.1 Å². The van der Waals surface area contributed by atoms with Crippen LogP contribution in [0.3, 0.4) is 0 Å². The van der Waals surface area contributed by atoms with E-state index in [9.17, 15) is 14.4 Å². The van der Waals surface area contributed by atoms with Crippen molar-refractivity contribution < 1.29 is 9.59 Å². The topological polar surface area (TPSA) is 143 Å². The highest BCUT2D eigenvalue weighted by atomic mass is 16.2. The van der Waals surface area contributed by atoms with E-state index in [4.69, 9.17) is 11.5 Å². The van der Waals surface area contributed by atoms with Crippen LogP contribution in [0.15, 0.2) is 41.3 Å². The van der Waals surface area contributed by atoms with E-state index in [0.29, 0.717) is 49.9 Å². The monoisotopic (exact) mass is 552 g/mol. The molecule has 40 heavy (non-hydrogen) atoms. The molecule has 0 bridgehead atoms. The number of rotatable bonds is 9. The van der Waals surface area contributed by atoms with E-state index < -0.39 is 11.2 Å². The van der Waals surface area contributed by atoms with Crippen molar-refractivity contribution in [3.8, 4) is 5.69 Å². The molecule has 1 atom stereocenters. The smallest absolute Gasteiger partial charge is 0.338 e. The first-order valence-electron chi connectivity index (χ1n) is 14.3. The maximum atomic E-state index is 12.8. The number of benzene rings is 1. The van der Waals surface area contributed by atoms with Gasteiger partial charge in [-0.25, -0.2) is 9.59 Å². The Morgan fingerprint density at radius 1 is 1.10 bits per heavy atom. The fraction of sp³-hybridized carbons (Fsp3) is 0.586. The molecule has 3 amide bonds. The van der Waals surface area contributed by atoms with Crippen molar-refractivity contribution in [1.82, 2.24) is 24.3 Å². The van der Waals surface area contributed by atoms with Crippen LogP contribution < -0.4 is 22.5 Å². The summed E-state index contributed by atoms with van der Waals surface area (Å²) in [5, 5.41) is 2.70. The molecule has 1 saturated heterocycles. The van der Waals surface area contributed by atoms with Crippen LogP contribution >= 0.6 is 0 Å². The second-order valence-electron chi connectivity index (χ2n) is 11.8. The summed E-state index contributed by atoms with van der Waals surface area (Å²) in [6.45, 7) is 11.5. The number of nitrogens with one attached hydrogen (secondary N) is 1. The summed E-state index contributed by atoms with van der Waals surface area (Å²) in [5.74, 6) is 0.750. The van der Waals surface area contributed by atoms with E-state index in [2.05, 4.69) is 41.2 Å². The van der Waals surface area contributed by atoms with Gasteiger partial charge in [0, 0.05) is 51.0 Å². The molecule has 1 aliphatic carbocycles. The Bertz CT molecular complexity index is 1230. The fourth-order valence-corrected chi connectivity index (χ4v) is 5.53. The molecule has 1 unspecified atom stereocenters. The molecular formula is C29H44N8O3. The van der Waals surface area contributed by atoms with Gasteiger partial charge in [0.1, 0.15) is 5.82 Å². The SMILES string of the molecule is CCN(C[C@H]1C[C@@H](N)C1)C(C)Cc1ccc(-n2ccc(NC(=O)N3CCN(C(=O)C(C)(C)N)CC3)nc2=O)cc1. The van der Waals surface area contributed by atoms with Crippen LogP contribution in [0.4, 0.5) is 10.6 Å². The maximum absolute atomic E-state index is 12.8. The van der Waals surface area contributed by atoms with E-state index >= 15 is 0 Å². The summed E-state index contributed by atoms with van der Waals surface area (Å²) in [5.41, 5.74) is 12.4. The van der Waals surface area contributed by atoms with Gasteiger partial charge >= 0.3 is 11.7 Å². The van der Waals surface area contributed by atoms with E-state index in [1.165, 1.54) is 10.1 Å². The number of amides is 3. The lowest BCUT2D eigenvalue weighted by Gasteiger charge is -2.38. The fourth-order valence-electron chi connectivity index (χ4n) is 5.53. The van der Waals surface area contributed by atoms with Gasteiger partial charge in [0.05, 0.1) is 11.2 Å². The molecule has 2 aromatic rings. The van der Waals surface area contributed by atoms with Crippen LogP contribution in [0.1, 0.15) is 46.1 Å². The normalized spacial score (nSPS) is 20.3. The van der Waals surface area contributed by atoms with Crippen LogP contribution in [0.2, 0.25) is 0 Å². The highest BCUT2D eigenvalue weighted by molar-refractivity contribution is 5.89. The first-order valence-corrected chi connectivity index (χ1v) is 14.3. The zero-order chi connectivity index (χ0) is 29.0. The number of urea groups is 1. The third kappa shape index (κ3) is 7.26. The number of hydrogen-bond acceptors (Lipinski definition) is 7. The predicted molar refractivity (Wildman–Crippen MR) is 156 cm³/mol. The first kappa shape index (κ1) is 29.7. The summed E-state index contributed by atoms with van der Waals surface area (Å²) >= 11 is 0. The summed E-state index contributed by atoms with van der Waals surface area (Å²) in [6, 6.07) is 9.99. The lowest BCUT2D eigenvalue weighted by molar-refractivity contribution is -0.137. The molecule has 4 rings (SSSR count). The summed E-state index contributed by atoms with van der Waals surface area (Å²) < 4.78 is 1.46. The number of anilines is 1. The number of hydrogen-bond donors (Lipinski definition) is 3. The van der Waals surface area contributed by atoms with Gasteiger partial charge in [-0.15, -0.1) is 0 Å². The molecule has 5 N–H and O–H groups in total. The molecule has 11 heteroatoms. The maximum Gasteiger partial charge on any atom is 0.354 e. The van der Waals surface area contributed by atoms with E-state index in [0.717, 1.165) is 32.4 Å². The molecule has 11 nitrogen and oxygen atoms in total. The first-order chi connectivity index (χ1) is 18.9. The number of nitrogens with zero attached hydrogens (tertiary/aromatic N) is 5. The van der Waals surface area contributed by atoms with E-state index in [-0.39, 0.29) is 17.8 Å². The molecule has 0 radical (unpaired) electrons. The molecule has 2 heterocycles. The van der Waals surface area contributed by atoms with Gasteiger partial charge in [-0.05, 0) is 76.3 Å². The number of piperazine rings is 1. The van der Waals surface area contributed by atoms with Crippen molar-refractivity contribution in [2.45, 2.75) is 64.6 Å². The van der Waals surface area contributed by atoms with Gasteiger partial charge in [0.2, 0.25) is 5.91 Å². The van der Waals surface area contributed by atoms with Gasteiger partial charge in [-0.2, -0.15) is 4.98 Å². The van der Waals surface area contributed by atoms with Crippen molar-refractivity contribution in [2.75, 3.05) is 44.6 Å². The highest BCUT2D eigenvalue weighted by Gasteiger charge is 2.31. The van der Waals surface area contributed by atoms with Crippen molar-refractivity contribution >= 4 is 17.8 Å². The summed E-state index contributed by atoms with van der Waals surface area (Å²) in [6.07, 6.45) is 4.79. The van der Waals surface area contributed by atoms with Crippen LogP contribution in [0.5, 0.6) is 0 Å². The van der Waals surface area contributed by atoms with Crippen molar-refractivity contribution in [3.63, 3.8) is 0 Å². The third-order valence-electron chi connectivity index (χ3n) is 7.98. The number of carbonyl (C=O) groups excluding carboxylic acids is 2. The molecule has 1 aliphatic heterocycles. The lowest BCUT2D eigenvalue weighted by Crippen LogP contribution is -2.58. The quantitative estimate of drug-likeness (QED) is 0.429. The Morgan fingerprint density at radius 2 is 1.73 bits per heavy atom. The number of carbonyl (C=O) groups is 2. The molecule has 2 fully saturated rings. The second kappa shape index (κ2) is 12.5. The van der Waals surface area contributed by atoms with Crippen molar-refractivity contribution in [3.05, 3.63) is 52.6 Å². The van der Waals surface area contributed by atoms with E-state index in [1.54, 1.807) is 35.9 Å². The van der Waals surface area contributed by atoms with Gasteiger partial charge in [0.15, 0.2) is 0 Å². The Morgan fingerprint density at radius 3 is 2.27 bits per heavy atom. The number of likely N-dealkylation sites (N-methyl/N-ethyl adjacent to an activating group) is 1. The molecule has 218 valence electrons. The van der Waals surface area contributed by atoms with Crippen molar-refractivity contribution in [1.29, 1.82) is 0 Å². The molecule has 1 saturated carbocycles. The molecule has 2 aliphatic rings. The average Bonchev–Trinajstić information content (AvgIpc) is 2.90. The van der Waals surface area contributed by atoms with Gasteiger partial charge in [-0.3, -0.25) is 14.7 Å². The summed E-state index contributed by atoms with van der Waals surface area (Å²) in [4.78, 5) is 47.7. The van der Waals surface area contributed by atoms with Gasteiger partial charge in [0.25, 0.3) is 0 Å². The minimum atomic E-state index is -0.947. The predicted octanol–water partition coefficient (Wildman–Crippen LogP) is 1.64. The van der Waals surface area contributed by atoms with E-state index in [1.807, 2.05) is 12.1 Å². The third-order valence-corrected chi connectivity index (χ3v) is 7.98. The Hall–Kier alpha value is -3.28.